The Bertz CT molecular complexity index is 690. The van der Waals surface area contributed by atoms with Gasteiger partial charge in [0.05, 0.1) is 12.3 Å². The summed E-state index contributed by atoms with van der Waals surface area (Å²) in [7, 11) is 1.64. The van der Waals surface area contributed by atoms with E-state index in [4.69, 9.17) is 4.74 Å². The van der Waals surface area contributed by atoms with Crippen molar-refractivity contribution in [1.82, 2.24) is 15.3 Å². The smallest absolute Gasteiger partial charge is 0.327 e. The lowest BCUT2D eigenvalue weighted by Gasteiger charge is -2.23. The summed E-state index contributed by atoms with van der Waals surface area (Å²) >= 11 is 0. The first-order valence-electron chi connectivity index (χ1n) is 8.28. The van der Waals surface area contributed by atoms with E-state index in [0.29, 0.717) is 24.9 Å². The van der Waals surface area contributed by atoms with Gasteiger partial charge < -0.3 is 15.4 Å². The van der Waals surface area contributed by atoms with Gasteiger partial charge in [0.2, 0.25) is 5.95 Å². The van der Waals surface area contributed by atoms with Crippen molar-refractivity contribution in [3.8, 4) is 0 Å². The average molecular weight is 343 g/mol. The zero-order valence-corrected chi connectivity index (χ0v) is 15.1. The Morgan fingerprint density at radius 1 is 1.28 bits per heavy atom. The van der Waals surface area contributed by atoms with Crippen LogP contribution in [0.5, 0.6) is 0 Å². The predicted octanol–water partition coefficient (Wildman–Crippen LogP) is 3.10. The highest BCUT2D eigenvalue weighted by Crippen LogP contribution is 2.24. The Morgan fingerprint density at radius 3 is 2.64 bits per heavy atom. The van der Waals surface area contributed by atoms with Gasteiger partial charge in [-0.2, -0.15) is 4.98 Å². The summed E-state index contributed by atoms with van der Waals surface area (Å²) in [4.78, 5) is 22.8. The van der Waals surface area contributed by atoms with Gasteiger partial charge in [-0.1, -0.05) is 17.7 Å². The van der Waals surface area contributed by atoms with Crippen molar-refractivity contribution in [2.45, 2.75) is 26.8 Å². The molecule has 0 spiro atoms. The first-order chi connectivity index (χ1) is 12.0. The molecular weight excluding hydrogens is 318 g/mol. The maximum absolute atomic E-state index is 12.6. The largest absolute Gasteiger partial charge is 0.383 e. The van der Waals surface area contributed by atoms with E-state index in [1.807, 2.05) is 45.0 Å². The summed E-state index contributed by atoms with van der Waals surface area (Å²) in [6, 6.07) is 9.24. The summed E-state index contributed by atoms with van der Waals surface area (Å²) in [6.07, 6.45) is 1.63. The normalized spacial score (nSPS) is 11.7. The highest BCUT2D eigenvalue weighted by Gasteiger charge is 2.19. The van der Waals surface area contributed by atoms with Crippen molar-refractivity contribution in [2.24, 2.45) is 0 Å². The third kappa shape index (κ3) is 5.15. The van der Waals surface area contributed by atoms with Crippen LogP contribution in [0.15, 0.2) is 36.5 Å². The highest BCUT2D eigenvalue weighted by molar-refractivity contribution is 5.98. The standard InChI is InChI=1S/C18H25N5O2/c1-5-19-18(24)23(15-8-6-13(2)7-9-15)16-10-11-20-17(22-16)21-14(3)12-25-4/h6-11,14H,5,12H2,1-4H3,(H,19,24)(H,20,21,22). The number of benzene rings is 1. The predicted molar refractivity (Wildman–Crippen MR) is 99.4 cm³/mol. The van der Waals surface area contributed by atoms with E-state index >= 15 is 0 Å². The Balaban J connectivity index is 2.33. The van der Waals surface area contributed by atoms with Gasteiger partial charge in [0.25, 0.3) is 0 Å². The number of rotatable bonds is 7. The molecular formula is C18H25N5O2. The minimum Gasteiger partial charge on any atom is -0.383 e. The van der Waals surface area contributed by atoms with Crippen molar-refractivity contribution < 1.29 is 9.53 Å². The molecule has 0 fully saturated rings. The molecule has 1 heterocycles. The number of nitrogens with one attached hydrogen (secondary N) is 2. The van der Waals surface area contributed by atoms with Gasteiger partial charge in [-0.25, -0.2) is 14.7 Å². The Morgan fingerprint density at radius 2 is 2.00 bits per heavy atom. The van der Waals surface area contributed by atoms with Crippen LogP contribution in [0.25, 0.3) is 0 Å². The zero-order valence-electron chi connectivity index (χ0n) is 15.1. The van der Waals surface area contributed by atoms with Crippen molar-refractivity contribution >= 4 is 23.5 Å². The van der Waals surface area contributed by atoms with Crippen LogP contribution in [-0.4, -0.2) is 42.3 Å². The van der Waals surface area contributed by atoms with E-state index in [9.17, 15) is 4.79 Å². The second-order valence-electron chi connectivity index (χ2n) is 5.75. The minimum absolute atomic E-state index is 0.0533. The van der Waals surface area contributed by atoms with Gasteiger partial charge in [-0.15, -0.1) is 0 Å². The number of urea groups is 1. The number of ether oxygens (including phenoxy) is 1. The molecule has 2 amide bonds. The fourth-order valence-electron chi connectivity index (χ4n) is 2.33. The molecule has 0 aliphatic heterocycles. The third-order valence-electron chi connectivity index (χ3n) is 3.49. The molecule has 1 aromatic heterocycles. The summed E-state index contributed by atoms with van der Waals surface area (Å²) in [5.74, 6) is 0.945. The molecule has 0 bridgehead atoms. The van der Waals surface area contributed by atoms with E-state index in [2.05, 4.69) is 20.6 Å². The van der Waals surface area contributed by atoms with E-state index in [-0.39, 0.29) is 12.1 Å². The number of carbonyl (C=O) groups is 1. The summed E-state index contributed by atoms with van der Waals surface area (Å²) in [6.45, 7) is 6.92. The van der Waals surface area contributed by atoms with Crippen LogP contribution in [-0.2, 0) is 4.74 Å². The molecule has 0 aliphatic carbocycles. The fraction of sp³-hybridized carbons (Fsp3) is 0.389. The minimum atomic E-state index is -0.235. The Labute approximate surface area is 148 Å². The number of methoxy groups -OCH3 is 1. The molecule has 25 heavy (non-hydrogen) atoms. The molecule has 0 radical (unpaired) electrons. The first-order valence-corrected chi connectivity index (χ1v) is 8.28. The second-order valence-corrected chi connectivity index (χ2v) is 5.75. The average Bonchev–Trinajstić information content (AvgIpc) is 2.58. The molecule has 7 nitrogen and oxygen atoms in total. The van der Waals surface area contributed by atoms with Crippen LogP contribution < -0.4 is 15.5 Å². The van der Waals surface area contributed by atoms with Gasteiger partial charge in [0.1, 0.15) is 5.82 Å². The monoisotopic (exact) mass is 343 g/mol. The number of anilines is 3. The van der Waals surface area contributed by atoms with E-state index in [1.165, 1.54) is 4.90 Å². The number of carbonyl (C=O) groups excluding carboxylic acids is 1. The SMILES string of the molecule is CCNC(=O)N(c1ccc(C)cc1)c1ccnc(NC(C)COC)n1. The third-order valence-corrected chi connectivity index (χ3v) is 3.49. The van der Waals surface area contributed by atoms with E-state index in [0.717, 1.165) is 11.3 Å². The van der Waals surface area contributed by atoms with Crippen molar-refractivity contribution in [3.05, 3.63) is 42.1 Å². The molecule has 2 N–H and O–H groups in total. The zero-order chi connectivity index (χ0) is 18.2. The molecule has 0 saturated carbocycles. The molecule has 0 aliphatic rings. The lowest BCUT2D eigenvalue weighted by molar-refractivity contribution is 0.190. The van der Waals surface area contributed by atoms with Crippen LogP contribution in [0.3, 0.4) is 0 Å². The van der Waals surface area contributed by atoms with Crippen molar-refractivity contribution in [2.75, 3.05) is 30.5 Å². The lowest BCUT2D eigenvalue weighted by atomic mass is 10.2. The van der Waals surface area contributed by atoms with Crippen molar-refractivity contribution in [3.63, 3.8) is 0 Å². The molecule has 0 saturated heterocycles. The van der Waals surface area contributed by atoms with Crippen LogP contribution in [0.4, 0.5) is 22.2 Å². The maximum atomic E-state index is 12.6. The van der Waals surface area contributed by atoms with Gasteiger partial charge in [0.15, 0.2) is 0 Å². The van der Waals surface area contributed by atoms with Crippen molar-refractivity contribution in [1.29, 1.82) is 0 Å². The number of nitrogens with zero attached hydrogens (tertiary/aromatic N) is 3. The molecule has 134 valence electrons. The van der Waals surface area contributed by atoms with E-state index in [1.54, 1.807) is 19.4 Å². The number of amides is 2. The van der Waals surface area contributed by atoms with Gasteiger partial charge in [0, 0.05) is 32.0 Å². The number of aromatic nitrogens is 2. The van der Waals surface area contributed by atoms with Crippen LogP contribution in [0, 0.1) is 6.92 Å². The van der Waals surface area contributed by atoms with E-state index < -0.39 is 0 Å². The molecule has 2 aromatic rings. The van der Waals surface area contributed by atoms with Gasteiger partial charge in [-0.05, 0) is 32.9 Å². The Kier molecular flexibility index (Phi) is 6.71. The molecule has 2 rings (SSSR count). The quantitative estimate of drug-likeness (QED) is 0.807. The summed E-state index contributed by atoms with van der Waals surface area (Å²) in [5.41, 5.74) is 1.86. The van der Waals surface area contributed by atoms with Crippen LogP contribution in [0.2, 0.25) is 0 Å². The molecule has 1 atom stereocenters. The first kappa shape index (κ1) is 18.7. The molecule has 1 aromatic carbocycles. The second kappa shape index (κ2) is 8.98. The van der Waals surface area contributed by atoms with Crippen LogP contribution in [0.1, 0.15) is 19.4 Å². The summed E-state index contributed by atoms with van der Waals surface area (Å²) in [5, 5.41) is 5.99. The highest BCUT2D eigenvalue weighted by atomic mass is 16.5. The molecule has 7 heteroatoms. The lowest BCUT2D eigenvalue weighted by Crippen LogP contribution is -2.37. The Hall–Kier alpha value is -2.67. The van der Waals surface area contributed by atoms with Gasteiger partial charge in [-0.3, -0.25) is 0 Å². The summed E-state index contributed by atoms with van der Waals surface area (Å²) < 4.78 is 5.11. The number of hydrogen-bond donors (Lipinski definition) is 2. The van der Waals surface area contributed by atoms with Gasteiger partial charge >= 0.3 is 6.03 Å². The topological polar surface area (TPSA) is 79.4 Å². The number of aryl methyl sites for hydroxylation is 1. The maximum Gasteiger partial charge on any atom is 0.327 e. The molecule has 1 unspecified atom stereocenters. The van der Waals surface area contributed by atoms with Crippen LogP contribution >= 0.6 is 0 Å². The fourth-order valence-corrected chi connectivity index (χ4v) is 2.33. The number of hydrogen-bond acceptors (Lipinski definition) is 5.